The van der Waals surface area contributed by atoms with Gasteiger partial charge in [-0.3, -0.25) is 4.90 Å². The van der Waals surface area contributed by atoms with Gasteiger partial charge in [-0.05, 0) is 23.8 Å². The first-order valence-corrected chi connectivity index (χ1v) is 8.62. The maximum Gasteiger partial charge on any atom is 0.0247 e. The molecule has 4 atom stereocenters. The Morgan fingerprint density at radius 2 is 1.76 bits per heavy atom. The summed E-state index contributed by atoms with van der Waals surface area (Å²) in [4.78, 5) is 2.82. The Kier molecular flexibility index (Phi) is 4.37. The predicted octanol–water partition coefficient (Wildman–Crippen LogP) is 3.50. The lowest BCUT2D eigenvalue weighted by atomic mass is 9.93. The minimum absolute atomic E-state index is 0.650. The summed E-state index contributed by atoms with van der Waals surface area (Å²) in [6, 6.07) is 13.2. The molecule has 21 heavy (non-hydrogen) atoms. The highest BCUT2D eigenvalue weighted by Crippen LogP contribution is 2.46. The Labute approximate surface area is 129 Å². The van der Waals surface area contributed by atoms with E-state index in [0.29, 0.717) is 12.1 Å². The van der Waals surface area contributed by atoms with E-state index in [2.05, 4.69) is 68.2 Å². The largest absolute Gasteiger partial charge is 0.311 e. The average Bonchev–Trinajstić information content (AvgIpc) is 3.27. The lowest BCUT2D eigenvalue weighted by molar-refractivity contribution is 0.0760. The van der Waals surface area contributed by atoms with E-state index in [0.717, 1.165) is 30.3 Å². The lowest BCUT2D eigenvalue weighted by Gasteiger charge is -2.44. The van der Waals surface area contributed by atoms with E-state index < -0.39 is 0 Å². The van der Waals surface area contributed by atoms with Crippen LogP contribution in [0, 0.1) is 11.8 Å². The number of piperazine rings is 1. The van der Waals surface area contributed by atoms with Gasteiger partial charge in [-0.2, -0.15) is 0 Å². The molecule has 1 aliphatic heterocycles. The Balaban J connectivity index is 1.72. The minimum atomic E-state index is 0.650. The molecular formula is C19H30N2. The number of nitrogens with zero attached hydrogens (tertiary/aromatic N) is 1. The zero-order chi connectivity index (χ0) is 15.0. The maximum absolute atomic E-state index is 3.78. The third kappa shape index (κ3) is 3.17. The molecule has 1 saturated carbocycles. The van der Waals surface area contributed by atoms with Crippen LogP contribution in [-0.4, -0.2) is 36.1 Å². The fraction of sp³-hybridized carbons (Fsp3) is 0.684. The molecule has 4 unspecified atom stereocenters. The van der Waals surface area contributed by atoms with Crippen molar-refractivity contribution in [3.63, 3.8) is 0 Å². The fourth-order valence-electron chi connectivity index (χ4n) is 3.87. The SMILES string of the molecule is CC(C)C1CN(C2CC2c2ccccc2)C(C(C)C)CN1. The molecular weight excluding hydrogens is 256 g/mol. The summed E-state index contributed by atoms with van der Waals surface area (Å²) >= 11 is 0. The third-order valence-electron chi connectivity index (χ3n) is 5.41. The molecule has 1 N–H and O–H groups in total. The van der Waals surface area contributed by atoms with E-state index in [-0.39, 0.29) is 0 Å². The Morgan fingerprint density at radius 1 is 1.05 bits per heavy atom. The van der Waals surface area contributed by atoms with Crippen molar-refractivity contribution in [1.82, 2.24) is 10.2 Å². The second kappa shape index (κ2) is 6.10. The highest BCUT2D eigenvalue weighted by Gasteiger charge is 2.47. The Bertz CT molecular complexity index is 454. The first kappa shape index (κ1) is 15.1. The second-order valence-electron chi connectivity index (χ2n) is 7.59. The first-order valence-electron chi connectivity index (χ1n) is 8.62. The van der Waals surface area contributed by atoms with Crippen molar-refractivity contribution in [2.45, 2.75) is 58.2 Å². The quantitative estimate of drug-likeness (QED) is 0.911. The predicted molar refractivity (Wildman–Crippen MR) is 89.5 cm³/mol. The van der Waals surface area contributed by atoms with Crippen molar-refractivity contribution in [3.05, 3.63) is 35.9 Å². The van der Waals surface area contributed by atoms with Crippen LogP contribution in [0.2, 0.25) is 0 Å². The van der Waals surface area contributed by atoms with Crippen LogP contribution < -0.4 is 5.32 Å². The third-order valence-corrected chi connectivity index (χ3v) is 5.41. The monoisotopic (exact) mass is 286 g/mol. The number of hydrogen-bond acceptors (Lipinski definition) is 2. The molecule has 116 valence electrons. The van der Waals surface area contributed by atoms with Crippen molar-refractivity contribution in [2.75, 3.05) is 13.1 Å². The topological polar surface area (TPSA) is 15.3 Å². The van der Waals surface area contributed by atoms with E-state index in [1.807, 2.05) is 0 Å². The summed E-state index contributed by atoms with van der Waals surface area (Å²) in [7, 11) is 0. The minimum Gasteiger partial charge on any atom is -0.311 e. The number of benzene rings is 1. The van der Waals surface area contributed by atoms with Gasteiger partial charge in [-0.15, -0.1) is 0 Å². The van der Waals surface area contributed by atoms with E-state index in [4.69, 9.17) is 0 Å². The normalized spacial score (nSPS) is 33.6. The molecule has 1 aromatic rings. The Morgan fingerprint density at radius 3 is 2.38 bits per heavy atom. The molecule has 2 heteroatoms. The van der Waals surface area contributed by atoms with E-state index in [1.165, 1.54) is 18.5 Å². The number of hydrogen-bond donors (Lipinski definition) is 1. The van der Waals surface area contributed by atoms with Gasteiger partial charge in [0, 0.05) is 37.1 Å². The van der Waals surface area contributed by atoms with Gasteiger partial charge in [-0.25, -0.2) is 0 Å². The van der Waals surface area contributed by atoms with Gasteiger partial charge in [0.15, 0.2) is 0 Å². The standard InChI is InChI=1S/C19H30N2/c1-13(2)17-12-21(19(11-20-17)14(3)4)18-10-16(18)15-8-6-5-7-9-15/h5-9,13-14,16-20H,10-12H2,1-4H3. The van der Waals surface area contributed by atoms with Crippen molar-refractivity contribution in [1.29, 1.82) is 0 Å². The number of rotatable bonds is 4. The molecule has 0 amide bonds. The molecule has 2 fully saturated rings. The maximum atomic E-state index is 3.78. The van der Waals surface area contributed by atoms with Crippen LogP contribution in [0.4, 0.5) is 0 Å². The molecule has 1 aliphatic carbocycles. The van der Waals surface area contributed by atoms with E-state index in [1.54, 1.807) is 0 Å². The zero-order valence-electron chi connectivity index (χ0n) is 13.9. The van der Waals surface area contributed by atoms with Crippen LogP contribution in [-0.2, 0) is 0 Å². The average molecular weight is 286 g/mol. The second-order valence-corrected chi connectivity index (χ2v) is 7.59. The van der Waals surface area contributed by atoms with Crippen LogP contribution in [0.1, 0.15) is 45.6 Å². The molecule has 1 aromatic carbocycles. The Hall–Kier alpha value is -0.860. The summed E-state index contributed by atoms with van der Waals surface area (Å²) in [5.41, 5.74) is 1.53. The van der Waals surface area contributed by atoms with Crippen molar-refractivity contribution in [2.24, 2.45) is 11.8 Å². The summed E-state index contributed by atoms with van der Waals surface area (Å²) < 4.78 is 0. The van der Waals surface area contributed by atoms with Crippen molar-refractivity contribution in [3.8, 4) is 0 Å². The summed E-state index contributed by atoms with van der Waals surface area (Å²) in [5, 5.41) is 3.78. The van der Waals surface area contributed by atoms with Gasteiger partial charge in [0.2, 0.25) is 0 Å². The molecule has 0 radical (unpaired) electrons. The van der Waals surface area contributed by atoms with Gasteiger partial charge < -0.3 is 5.32 Å². The summed E-state index contributed by atoms with van der Waals surface area (Å²) in [6.07, 6.45) is 1.35. The van der Waals surface area contributed by atoms with Crippen LogP contribution in [0.15, 0.2) is 30.3 Å². The molecule has 1 saturated heterocycles. The summed E-state index contributed by atoms with van der Waals surface area (Å²) in [6.45, 7) is 11.8. The lowest BCUT2D eigenvalue weighted by Crippen LogP contribution is -2.60. The highest BCUT2D eigenvalue weighted by atomic mass is 15.3. The number of nitrogens with one attached hydrogen (secondary N) is 1. The van der Waals surface area contributed by atoms with E-state index >= 15 is 0 Å². The van der Waals surface area contributed by atoms with Crippen LogP contribution >= 0.6 is 0 Å². The van der Waals surface area contributed by atoms with Crippen molar-refractivity contribution < 1.29 is 0 Å². The zero-order valence-corrected chi connectivity index (χ0v) is 13.9. The van der Waals surface area contributed by atoms with Gasteiger partial charge in [0.25, 0.3) is 0 Å². The molecule has 1 heterocycles. The van der Waals surface area contributed by atoms with Gasteiger partial charge in [0.05, 0.1) is 0 Å². The molecule has 2 nitrogen and oxygen atoms in total. The summed E-state index contributed by atoms with van der Waals surface area (Å²) in [5.74, 6) is 2.20. The van der Waals surface area contributed by atoms with E-state index in [9.17, 15) is 0 Å². The smallest absolute Gasteiger partial charge is 0.0247 e. The molecule has 0 bridgehead atoms. The van der Waals surface area contributed by atoms with Gasteiger partial charge in [-0.1, -0.05) is 58.0 Å². The van der Waals surface area contributed by atoms with Crippen LogP contribution in [0.5, 0.6) is 0 Å². The van der Waals surface area contributed by atoms with Crippen LogP contribution in [0.3, 0.4) is 0 Å². The first-order chi connectivity index (χ1) is 10.1. The molecule has 0 spiro atoms. The fourth-order valence-corrected chi connectivity index (χ4v) is 3.87. The van der Waals surface area contributed by atoms with Gasteiger partial charge >= 0.3 is 0 Å². The molecule has 3 rings (SSSR count). The molecule has 0 aromatic heterocycles. The highest BCUT2D eigenvalue weighted by molar-refractivity contribution is 5.28. The van der Waals surface area contributed by atoms with Crippen LogP contribution in [0.25, 0.3) is 0 Å². The molecule has 2 aliphatic rings. The van der Waals surface area contributed by atoms with Gasteiger partial charge in [0.1, 0.15) is 0 Å². The van der Waals surface area contributed by atoms with Crippen molar-refractivity contribution >= 4 is 0 Å².